The van der Waals surface area contributed by atoms with Gasteiger partial charge in [0.05, 0.1) is 17.3 Å². The first kappa shape index (κ1) is 24.0. The predicted molar refractivity (Wildman–Crippen MR) is 131 cm³/mol. The van der Waals surface area contributed by atoms with Crippen LogP contribution in [0.3, 0.4) is 0 Å². The highest BCUT2D eigenvalue weighted by molar-refractivity contribution is 6.48. The number of aromatic nitrogens is 1. The topological polar surface area (TPSA) is 64.2 Å². The summed E-state index contributed by atoms with van der Waals surface area (Å²) < 4.78 is 14.0. The maximum atomic E-state index is 13.1. The number of rotatable bonds is 6. The second-order valence-corrected chi connectivity index (χ2v) is 12.7. The number of nitrogens with zero attached hydrogens (tertiary/aromatic N) is 2. The van der Waals surface area contributed by atoms with Crippen LogP contribution in [0.2, 0.25) is 13.1 Å². The minimum atomic E-state index is -1.15. The minimum absolute atomic E-state index is 0.0624. The quantitative estimate of drug-likeness (QED) is 0.573. The number of pyridine rings is 1. The van der Waals surface area contributed by atoms with E-state index in [1.807, 2.05) is 32.2 Å². The van der Waals surface area contributed by atoms with Crippen molar-refractivity contribution in [1.82, 2.24) is 4.57 Å². The van der Waals surface area contributed by atoms with Gasteiger partial charge in [0.25, 0.3) is 5.56 Å². The zero-order chi connectivity index (χ0) is 23.7. The summed E-state index contributed by atoms with van der Waals surface area (Å²) in [6.07, 6.45) is 5.62. The molecular weight excluding hydrogens is 416 g/mol. The van der Waals surface area contributed by atoms with E-state index in [1.165, 1.54) is 0 Å². The van der Waals surface area contributed by atoms with Gasteiger partial charge in [-0.2, -0.15) is 5.26 Å². The van der Waals surface area contributed by atoms with Crippen LogP contribution < -0.4 is 10.3 Å². The number of aryl methyl sites for hydroxylation is 1. The Bertz CT molecular complexity index is 1120. The van der Waals surface area contributed by atoms with E-state index in [1.54, 1.807) is 28.8 Å². The Labute approximate surface area is 193 Å². The van der Waals surface area contributed by atoms with Crippen molar-refractivity contribution in [3.8, 4) is 11.8 Å². The van der Waals surface area contributed by atoms with Gasteiger partial charge in [-0.3, -0.25) is 9.36 Å². The molecule has 0 N–H and O–H groups in total. The van der Waals surface area contributed by atoms with Crippen molar-refractivity contribution < 1.29 is 9.16 Å². The van der Waals surface area contributed by atoms with Crippen molar-refractivity contribution in [1.29, 1.82) is 5.26 Å². The lowest BCUT2D eigenvalue weighted by Gasteiger charge is -2.33. The Morgan fingerprint density at radius 2 is 1.94 bits per heavy atom. The van der Waals surface area contributed by atoms with E-state index in [0.717, 1.165) is 29.7 Å². The first-order valence-electron chi connectivity index (χ1n) is 11.2. The molecule has 0 saturated carbocycles. The van der Waals surface area contributed by atoms with E-state index in [-0.39, 0.29) is 17.1 Å². The number of ether oxygens (including phenoxy) is 1. The Hall–Kier alpha value is -2.62. The first-order chi connectivity index (χ1) is 14.9. The summed E-state index contributed by atoms with van der Waals surface area (Å²) in [5.41, 5.74) is 2.44. The largest absolute Gasteiger partial charge is 0.483 e. The maximum absolute atomic E-state index is 13.1. The van der Waals surface area contributed by atoms with Gasteiger partial charge in [-0.25, -0.2) is 0 Å². The van der Waals surface area contributed by atoms with Crippen LogP contribution in [0.15, 0.2) is 47.4 Å². The maximum Gasteiger partial charge on any atom is 0.255 e. The molecule has 1 aromatic heterocycles. The van der Waals surface area contributed by atoms with Crippen LogP contribution in [-0.4, -0.2) is 25.3 Å². The summed E-state index contributed by atoms with van der Waals surface area (Å²) in [6.45, 7) is 14.9. The molecule has 2 heterocycles. The smallest absolute Gasteiger partial charge is 0.255 e. The van der Waals surface area contributed by atoms with Crippen molar-refractivity contribution in [3.05, 3.63) is 69.6 Å². The second-order valence-electron chi connectivity index (χ2n) is 10.4. The first-order valence-corrected chi connectivity index (χ1v) is 14.0. The molecule has 1 aliphatic rings. The normalized spacial score (nSPS) is 16.0. The van der Waals surface area contributed by atoms with E-state index in [2.05, 4.69) is 39.9 Å². The molecule has 6 heteroatoms. The SMILES string of the molecule is C[SiH](C)OC(CCc1ccn(C2=CC(C)(C)Oc3ccc(C#N)cc32)c(=O)c1)C(C)(C)C. The van der Waals surface area contributed by atoms with Gasteiger partial charge in [0, 0.05) is 23.9 Å². The standard InChI is InChI=1S/C26H34N2O3Si/c1-25(2,3)23(31-32(6)7)11-9-18-12-13-28(24(29)15-18)21-16-26(4,5)30-22-10-8-19(17-27)14-20(21)22/h8,10,12-16,23,32H,9,11H2,1-7H3. The molecule has 2 aromatic rings. The number of fused-ring (bicyclic) bond motifs is 1. The zero-order valence-electron chi connectivity index (χ0n) is 20.2. The van der Waals surface area contributed by atoms with Crippen LogP contribution >= 0.6 is 0 Å². The molecule has 0 amide bonds. The van der Waals surface area contributed by atoms with Gasteiger partial charge in [0.15, 0.2) is 9.04 Å². The van der Waals surface area contributed by atoms with E-state index in [9.17, 15) is 10.1 Å². The molecule has 1 unspecified atom stereocenters. The van der Waals surface area contributed by atoms with E-state index >= 15 is 0 Å². The van der Waals surface area contributed by atoms with Gasteiger partial charge in [-0.15, -0.1) is 0 Å². The molecule has 1 aromatic carbocycles. The van der Waals surface area contributed by atoms with Crippen molar-refractivity contribution in [2.45, 2.75) is 72.3 Å². The van der Waals surface area contributed by atoms with Crippen molar-refractivity contribution in [2.24, 2.45) is 5.41 Å². The van der Waals surface area contributed by atoms with E-state index in [0.29, 0.717) is 11.3 Å². The lowest BCUT2D eigenvalue weighted by Crippen LogP contribution is -2.34. The molecule has 0 saturated heterocycles. The van der Waals surface area contributed by atoms with Gasteiger partial charge >= 0.3 is 0 Å². The van der Waals surface area contributed by atoms with Gasteiger partial charge in [0.1, 0.15) is 11.4 Å². The van der Waals surface area contributed by atoms with E-state index < -0.39 is 14.6 Å². The third-order valence-corrected chi connectivity index (χ3v) is 6.46. The second kappa shape index (κ2) is 9.09. The van der Waals surface area contributed by atoms with Crippen LogP contribution in [0, 0.1) is 16.7 Å². The third-order valence-electron chi connectivity index (χ3n) is 5.58. The molecule has 0 spiro atoms. The highest BCUT2D eigenvalue weighted by atomic mass is 28.3. The molecule has 0 radical (unpaired) electrons. The molecule has 1 aliphatic heterocycles. The predicted octanol–water partition coefficient (Wildman–Crippen LogP) is 5.13. The fourth-order valence-corrected chi connectivity index (χ4v) is 5.22. The van der Waals surface area contributed by atoms with Crippen LogP contribution in [0.25, 0.3) is 5.70 Å². The van der Waals surface area contributed by atoms with Gasteiger partial charge in [-0.1, -0.05) is 20.8 Å². The highest BCUT2D eigenvalue weighted by Gasteiger charge is 2.29. The Morgan fingerprint density at radius 1 is 1.22 bits per heavy atom. The van der Waals surface area contributed by atoms with Crippen molar-refractivity contribution in [3.63, 3.8) is 0 Å². The average molecular weight is 451 g/mol. The van der Waals surface area contributed by atoms with Crippen LogP contribution in [0.4, 0.5) is 0 Å². The van der Waals surface area contributed by atoms with Crippen LogP contribution in [0.1, 0.15) is 57.7 Å². The summed E-state index contributed by atoms with van der Waals surface area (Å²) in [5, 5.41) is 9.32. The molecule has 3 rings (SSSR count). The molecule has 1 atom stereocenters. The molecule has 170 valence electrons. The molecule has 0 fully saturated rings. The summed E-state index contributed by atoms with van der Waals surface area (Å²) >= 11 is 0. The lowest BCUT2D eigenvalue weighted by atomic mass is 9.86. The van der Waals surface area contributed by atoms with Gasteiger partial charge in [-0.05, 0) is 81.1 Å². The minimum Gasteiger partial charge on any atom is -0.483 e. The van der Waals surface area contributed by atoms with Crippen LogP contribution in [-0.2, 0) is 10.8 Å². The van der Waals surface area contributed by atoms with Crippen molar-refractivity contribution in [2.75, 3.05) is 0 Å². The monoisotopic (exact) mass is 450 g/mol. The van der Waals surface area contributed by atoms with Crippen LogP contribution in [0.5, 0.6) is 5.75 Å². The molecular formula is C26H34N2O3Si. The Balaban J connectivity index is 1.91. The fraction of sp³-hybridized carbons (Fsp3) is 0.462. The number of nitriles is 1. The van der Waals surface area contributed by atoms with Gasteiger partial charge in [0.2, 0.25) is 0 Å². The summed E-state index contributed by atoms with van der Waals surface area (Å²) in [5.74, 6) is 0.672. The Morgan fingerprint density at radius 3 is 2.53 bits per heavy atom. The highest BCUT2D eigenvalue weighted by Crippen LogP contribution is 2.37. The van der Waals surface area contributed by atoms with Gasteiger partial charge < -0.3 is 9.16 Å². The summed E-state index contributed by atoms with van der Waals surface area (Å²) in [7, 11) is -1.15. The molecule has 32 heavy (non-hydrogen) atoms. The molecule has 0 bridgehead atoms. The Kier molecular flexibility index (Phi) is 6.82. The fourth-order valence-electron chi connectivity index (χ4n) is 4.01. The third kappa shape index (κ3) is 5.59. The molecule has 0 aliphatic carbocycles. The summed E-state index contributed by atoms with van der Waals surface area (Å²) in [4.78, 5) is 13.1. The van der Waals surface area contributed by atoms with Crippen molar-refractivity contribution >= 4 is 14.7 Å². The lowest BCUT2D eigenvalue weighted by molar-refractivity contribution is 0.0788. The average Bonchev–Trinajstić information content (AvgIpc) is 2.68. The number of benzene rings is 1. The van der Waals surface area contributed by atoms with E-state index in [4.69, 9.17) is 9.16 Å². The number of hydrogen-bond acceptors (Lipinski definition) is 4. The summed E-state index contributed by atoms with van der Waals surface area (Å²) in [6, 6.07) is 11.2. The number of hydrogen-bond donors (Lipinski definition) is 0. The molecule has 5 nitrogen and oxygen atoms in total. The zero-order valence-corrected chi connectivity index (χ0v) is 21.4.